The molecule has 3 heteroatoms. The van der Waals surface area contributed by atoms with E-state index in [4.69, 9.17) is 4.74 Å². The molecule has 4 rings (SSSR count). The Morgan fingerprint density at radius 2 is 1.57 bits per heavy atom. The summed E-state index contributed by atoms with van der Waals surface area (Å²) in [5.74, 6) is 1.57. The molecule has 3 nitrogen and oxygen atoms in total. The van der Waals surface area contributed by atoms with Crippen molar-refractivity contribution < 1.29 is 9.84 Å². The first-order valence-electron chi connectivity index (χ1n) is 9.55. The van der Waals surface area contributed by atoms with Crippen LogP contribution in [0.4, 0.5) is 0 Å². The Bertz CT molecular complexity index is 553. The fraction of sp³-hybridized carbons (Fsp3) is 0.750. The zero-order valence-electron chi connectivity index (χ0n) is 14.3. The second kappa shape index (κ2) is 6.08. The summed E-state index contributed by atoms with van der Waals surface area (Å²) in [4.78, 5) is 4.51. The standard InChI is InChI=1S/C20H29NO2/c1-14-19(22)17-13-23-20(18(17)12-21-14,15-8-4-2-5-9-15)16-10-6-3-7-11-16/h12,15-16,22H,2-11,13H2,1H3. The van der Waals surface area contributed by atoms with Gasteiger partial charge < -0.3 is 9.84 Å². The molecule has 2 fully saturated rings. The van der Waals surface area contributed by atoms with Crippen LogP contribution in [0.2, 0.25) is 0 Å². The van der Waals surface area contributed by atoms with Gasteiger partial charge in [-0.15, -0.1) is 0 Å². The Morgan fingerprint density at radius 1 is 1.00 bits per heavy atom. The molecule has 126 valence electrons. The Hall–Kier alpha value is -1.09. The number of aryl methyl sites for hydroxylation is 1. The van der Waals surface area contributed by atoms with Crippen LogP contribution in [0.25, 0.3) is 0 Å². The molecule has 0 amide bonds. The topological polar surface area (TPSA) is 42.4 Å². The number of nitrogens with zero attached hydrogens (tertiary/aromatic N) is 1. The summed E-state index contributed by atoms with van der Waals surface area (Å²) in [5.41, 5.74) is 2.80. The van der Waals surface area contributed by atoms with E-state index >= 15 is 0 Å². The molecule has 2 saturated carbocycles. The SMILES string of the molecule is Cc1ncc2c(c1O)COC2(C1CCCCC1)C1CCCCC1. The minimum Gasteiger partial charge on any atom is -0.506 e. The number of pyridine rings is 1. The fourth-order valence-electron chi connectivity index (χ4n) is 5.47. The van der Waals surface area contributed by atoms with Crippen LogP contribution in [0.5, 0.6) is 5.75 Å². The molecule has 2 heterocycles. The molecular weight excluding hydrogens is 286 g/mol. The molecule has 3 aliphatic rings. The highest BCUT2D eigenvalue weighted by molar-refractivity contribution is 5.46. The van der Waals surface area contributed by atoms with Crippen LogP contribution in [0.1, 0.15) is 81.0 Å². The van der Waals surface area contributed by atoms with Crippen molar-refractivity contribution >= 4 is 0 Å². The quantitative estimate of drug-likeness (QED) is 0.836. The average molecular weight is 315 g/mol. The largest absolute Gasteiger partial charge is 0.506 e. The molecule has 0 saturated heterocycles. The molecule has 0 atom stereocenters. The van der Waals surface area contributed by atoms with Gasteiger partial charge >= 0.3 is 0 Å². The molecule has 1 aromatic heterocycles. The maximum atomic E-state index is 10.5. The summed E-state index contributed by atoms with van der Waals surface area (Å²) in [6, 6.07) is 0. The third kappa shape index (κ3) is 2.39. The van der Waals surface area contributed by atoms with Gasteiger partial charge in [0, 0.05) is 17.3 Å². The van der Waals surface area contributed by atoms with Crippen molar-refractivity contribution in [2.24, 2.45) is 11.8 Å². The van der Waals surface area contributed by atoms with Gasteiger partial charge in [-0.1, -0.05) is 38.5 Å². The van der Waals surface area contributed by atoms with Crippen molar-refractivity contribution in [2.45, 2.75) is 83.3 Å². The first kappa shape index (κ1) is 15.4. The van der Waals surface area contributed by atoms with Gasteiger partial charge in [-0.3, -0.25) is 4.98 Å². The number of aromatic hydroxyl groups is 1. The van der Waals surface area contributed by atoms with Gasteiger partial charge in [0.25, 0.3) is 0 Å². The second-order valence-electron chi connectivity index (χ2n) is 7.84. The van der Waals surface area contributed by atoms with E-state index in [0.717, 1.165) is 11.3 Å². The van der Waals surface area contributed by atoms with Gasteiger partial charge in [0.2, 0.25) is 0 Å². The molecule has 23 heavy (non-hydrogen) atoms. The Labute approximate surface area is 139 Å². The van der Waals surface area contributed by atoms with Gasteiger partial charge in [-0.25, -0.2) is 0 Å². The monoisotopic (exact) mass is 315 g/mol. The molecule has 2 aliphatic carbocycles. The Kier molecular flexibility index (Phi) is 4.08. The molecule has 0 radical (unpaired) electrons. The number of hydrogen-bond donors (Lipinski definition) is 1. The lowest BCUT2D eigenvalue weighted by Gasteiger charge is -2.46. The van der Waals surface area contributed by atoms with Crippen LogP contribution >= 0.6 is 0 Å². The maximum absolute atomic E-state index is 10.5. The van der Waals surface area contributed by atoms with E-state index in [9.17, 15) is 5.11 Å². The molecule has 0 aromatic carbocycles. The van der Waals surface area contributed by atoms with E-state index in [1.807, 2.05) is 13.1 Å². The number of fused-ring (bicyclic) bond motifs is 1. The van der Waals surface area contributed by atoms with Gasteiger partial charge in [0.05, 0.1) is 12.3 Å². The number of rotatable bonds is 2. The summed E-state index contributed by atoms with van der Waals surface area (Å²) in [5, 5.41) is 10.5. The van der Waals surface area contributed by atoms with Crippen molar-refractivity contribution in [1.29, 1.82) is 0 Å². The van der Waals surface area contributed by atoms with Gasteiger partial charge in [-0.2, -0.15) is 0 Å². The van der Waals surface area contributed by atoms with E-state index < -0.39 is 0 Å². The lowest BCUT2D eigenvalue weighted by atomic mass is 9.63. The van der Waals surface area contributed by atoms with Crippen molar-refractivity contribution in [3.63, 3.8) is 0 Å². The van der Waals surface area contributed by atoms with E-state index in [2.05, 4.69) is 4.98 Å². The third-order valence-electron chi connectivity index (χ3n) is 6.64. The predicted octanol–water partition coefficient (Wildman–Crippen LogP) is 4.98. The predicted molar refractivity (Wildman–Crippen MR) is 90.3 cm³/mol. The van der Waals surface area contributed by atoms with Gasteiger partial charge in [0.15, 0.2) is 0 Å². The third-order valence-corrected chi connectivity index (χ3v) is 6.64. The van der Waals surface area contributed by atoms with Crippen molar-refractivity contribution in [1.82, 2.24) is 4.98 Å². The van der Waals surface area contributed by atoms with Crippen LogP contribution in [0.3, 0.4) is 0 Å². The minimum absolute atomic E-state index is 0.172. The van der Waals surface area contributed by atoms with Crippen LogP contribution in [0.15, 0.2) is 6.20 Å². The van der Waals surface area contributed by atoms with E-state index in [1.54, 1.807) is 0 Å². The number of ether oxygens (including phenoxy) is 1. The lowest BCUT2D eigenvalue weighted by Crippen LogP contribution is -2.44. The molecule has 0 bridgehead atoms. The van der Waals surface area contributed by atoms with Gasteiger partial charge in [0.1, 0.15) is 11.4 Å². The van der Waals surface area contributed by atoms with E-state index in [1.165, 1.54) is 69.8 Å². The van der Waals surface area contributed by atoms with Crippen molar-refractivity contribution in [3.8, 4) is 5.75 Å². The number of aromatic nitrogens is 1. The second-order valence-corrected chi connectivity index (χ2v) is 7.84. The maximum Gasteiger partial charge on any atom is 0.142 e. The van der Waals surface area contributed by atoms with Crippen LogP contribution < -0.4 is 0 Å². The fourth-order valence-corrected chi connectivity index (χ4v) is 5.47. The smallest absolute Gasteiger partial charge is 0.142 e. The average Bonchev–Trinajstić information content (AvgIpc) is 3.01. The highest BCUT2D eigenvalue weighted by atomic mass is 16.5. The molecule has 1 aliphatic heterocycles. The normalized spacial score (nSPS) is 25.4. The van der Waals surface area contributed by atoms with Gasteiger partial charge in [-0.05, 0) is 44.4 Å². The van der Waals surface area contributed by atoms with E-state index in [-0.39, 0.29) is 5.60 Å². The first-order valence-corrected chi connectivity index (χ1v) is 9.55. The van der Waals surface area contributed by atoms with Crippen molar-refractivity contribution in [2.75, 3.05) is 0 Å². The minimum atomic E-state index is -0.172. The molecule has 0 spiro atoms. The summed E-state index contributed by atoms with van der Waals surface area (Å²) >= 11 is 0. The summed E-state index contributed by atoms with van der Waals surface area (Å²) < 4.78 is 6.63. The first-order chi connectivity index (χ1) is 11.2. The lowest BCUT2D eigenvalue weighted by molar-refractivity contribution is -0.140. The van der Waals surface area contributed by atoms with E-state index in [0.29, 0.717) is 24.2 Å². The van der Waals surface area contributed by atoms with Crippen molar-refractivity contribution in [3.05, 3.63) is 23.0 Å². The van der Waals surface area contributed by atoms with Crippen LogP contribution in [-0.2, 0) is 16.9 Å². The van der Waals surface area contributed by atoms with Crippen LogP contribution in [-0.4, -0.2) is 10.1 Å². The summed E-state index contributed by atoms with van der Waals surface area (Å²) in [6.45, 7) is 2.45. The molecule has 1 aromatic rings. The molecule has 1 N–H and O–H groups in total. The molecular formula is C20H29NO2. The summed E-state index contributed by atoms with van der Waals surface area (Å²) in [7, 11) is 0. The zero-order valence-corrected chi connectivity index (χ0v) is 14.3. The number of hydrogen-bond acceptors (Lipinski definition) is 3. The Morgan fingerprint density at radius 3 is 2.13 bits per heavy atom. The van der Waals surface area contributed by atoms with Crippen LogP contribution in [0, 0.1) is 18.8 Å². The summed E-state index contributed by atoms with van der Waals surface area (Å²) in [6.07, 6.45) is 15.1. The zero-order chi connectivity index (χ0) is 15.9. The molecule has 0 unspecified atom stereocenters. The highest BCUT2D eigenvalue weighted by Crippen LogP contribution is 2.56. The Balaban J connectivity index is 1.80. The highest BCUT2D eigenvalue weighted by Gasteiger charge is 2.52.